The number of hydrogen-bond acceptors (Lipinski definition) is 5. The molecule has 1 aliphatic carbocycles. The SMILES string of the molecule is COCc1c(C(=O)NC(=N)c2ccc3c(c2)CCNC3)cnn1C1CCCCC1. The Morgan fingerprint density at radius 3 is 2.93 bits per heavy atom. The molecule has 2 heterocycles. The van der Waals surface area contributed by atoms with Crippen LogP contribution in [0, 0.1) is 5.41 Å². The maximum absolute atomic E-state index is 12.9. The topological polar surface area (TPSA) is 92.0 Å². The Morgan fingerprint density at radius 1 is 1.31 bits per heavy atom. The highest BCUT2D eigenvalue weighted by Gasteiger charge is 2.24. The second kappa shape index (κ2) is 8.88. The lowest BCUT2D eigenvalue weighted by Gasteiger charge is -2.24. The first kappa shape index (κ1) is 19.8. The summed E-state index contributed by atoms with van der Waals surface area (Å²) in [5.41, 5.74) is 4.51. The molecule has 1 aromatic heterocycles. The Morgan fingerprint density at radius 2 is 2.14 bits per heavy atom. The molecule has 1 aliphatic heterocycles. The van der Waals surface area contributed by atoms with Crippen molar-refractivity contribution in [1.82, 2.24) is 20.4 Å². The number of nitrogens with zero attached hydrogens (tertiary/aromatic N) is 2. The highest BCUT2D eigenvalue weighted by atomic mass is 16.5. The molecular weight excluding hydrogens is 366 g/mol. The van der Waals surface area contributed by atoms with Gasteiger partial charge in [-0.2, -0.15) is 5.10 Å². The van der Waals surface area contributed by atoms with Gasteiger partial charge in [0, 0.05) is 19.2 Å². The van der Waals surface area contributed by atoms with Crippen LogP contribution in [0.2, 0.25) is 0 Å². The van der Waals surface area contributed by atoms with Crippen LogP contribution in [0.1, 0.15) is 70.9 Å². The van der Waals surface area contributed by atoms with Gasteiger partial charge in [0.1, 0.15) is 5.84 Å². The van der Waals surface area contributed by atoms with Gasteiger partial charge in [-0.15, -0.1) is 0 Å². The van der Waals surface area contributed by atoms with Crippen LogP contribution in [0.5, 0.6) is 0 Å². The number of aromatic nitrogens is 2. The molecule has 0 unspecified atom stereocenters. The molecular formula is C22H29N5O2. The summed E-state index contributed by atoms with van der Waals surface area (Å²) >= 11 is 0. The Balaban J connectivity index is 1.52. The van der Waals surface area contributed by atoms with Crippen molar-refractivity contribution < 1.29 is 9.53 Å². The second-order valence-electron chi connectivity index (χ2n) is 7.91. The van der Waals surface area contributed by atoms with E-state index in [2.05, 4.69) is 15.7 Å². The van der Waals surface area contributed by atoms with Gasteiger partial charge in [0.05, 0.1) is 30.1 Å². The molecule has 3 N–H and O–H groups in total. The van der Waals surface area contributed by atoms with E-state index in [1.807, 2.05) is 22.9 Å². The van der Waals surface area contributed by atoms with E-state index in [9.17, 15) is 4.79 Å². The van der Waals surface area contributed by atoms with Crippen LogP contribution in [0.25, 0.3) is 0 Å². The predicted molar refractivity (Wildman–Crippen MR) is 111 cm³/mol. The molecule has 1 saturated carbocycles. The van der Waals surface area contributed by atoms with E-state index in [0.29, 0.717) is 18.2 Å². The van der Waals surface area contributed by atoms with Crippen LogP contribution in [0.15, 0.2) is 24.4 Å². The minimum atomic E-state index is -0.302. The van der Waals surface area contributed by atoms with Gasteiger partial charge >= 0.3 is 0 Å². The van der Waals surface area contributed by atoms with Crippen molar-refractivity contribution in [2.24, 2.45) is 0 Å². The van der Waals surface area contributed by atoms with Crippen molar-refractivity contribution in [2.75, 3.05) is 13.7 Å². The summed E-state index contributed by atoms with van der Waals surface area (Å²) in [5, 5.41) is 19.0. The van der Waals surface area contributed by atoms with Crippen LogP contribution < -0.4 is 10.6 Å². The first-order valence-electron chi connectivity index (χ1n) is 10.5. The molecule has 154 valence electrons. The van der Waals surface area contributed by atoms with Gasteiger partial charge in [-0.25, -0.2) is 0 Å². The summed E-state index contributed by atoms with van der Waals surface area (Å²) in [6.45, 7) is 2.13. The minimum Gasteiger partial charge on any atom is -0.378 e. The zero-order valence-electron chi connectivity index (χ0n) is 17.0. The zero-order valence-corrected chi connectivity index (χ0v) is 17.0. The van der Waals surface area contributed by atoms with Crippen molar-refractivity contribution in [2.45, 2.75) is 57.7 Å². The summed E-state index contributed by atoms with van der Waals surface area (Å²) in [7, 11) is 1.63. The van der Waals surface area contributed by atoms with E-state index in [-0.39, 0.29) is 11.7 Å². The molecule has 0 radical (unpaired) electrons. The molecule has 2 aromatic rings. The molecule has 7 heteroatoms. The Kier molecular flexibility index (Phi) is 6.06. The summed E-state index contributed by atoms with van der Waals surface area (Å²) < 4.78 is 7.33. The Labute approximate surface area is 171 Å². The number of rotatable bonds is 5. The summed E-state index contributed by atoms with van der Waals surface area (Å²) in [6.07, 6.45) is 8.37. The lowest BCUT2D eigenvalue weighted by molar-refractivity contribution is 0.0970. The van der Waals surface area contributed by atoms with Gasteiger partial charge in [0.15, 0.2) is 0 Å². The summed E-state index contributed by atoms with van der Waals surface area (Å²) in [4.78, 5) is 12.9. The number of methoxy groups -OCH3 is 1. The third-order valence-electron chi connectivity index (χ3n) is 5.96. The lowest BCUT2D eigenvalue weighted by atomic mass is 9.95. The fourth-order valence-corrected chi connectivity index (χ4v) is 4.38. The first-order valence-corrected chi connectivity index (χ1v) is 10.5. The fourth-order valence-electron chi connectivity index (χ4n) is 4.38. The van der Waals surface area contributed by atoms with Crippen LogP contribution in [0.4, 0.5) is 0 Å². The standard InChI is InChI=1S/C22H29N5O2/c1-29-14-20-19(13-25-27(20)18-5-3-2-4-6-18)22(28)26-21(23)16-7-8-17-12-24-10-9-15(17)11-16/h7-8,11,13,18,24H,2-6,9-10,12,14H2,1H3,(H2,23,26,28). The van der Waals surface area contributed by atoms with Gasteiger partial charge in [0.25, 0.3) is 5.91 Å². The summed E-state index contributed by atoms with van der Waals surface area (Å²) in [5.74, 6) is -0.186. The maximum Gasteiger partial charge on any atom is 0.260 e. The van der Waals surface area contributed by atoms with Crippen LogP contribution in [-0.2, 0) is 24.3 Å². The number of fused-ring (bicyclic) bond motifs is 1. The number of carbonyl (C=O) groups excluding carboxylic acids is 1. The van der Waals surface area contributed by atoms with E-state index < -0.39 is 0 Å². The highest BCUT2D eigenvalue weighted by Crippen LogP contribution is 2.29. The largest absolute Gasteiger partial charge is 0.378 e. The van der Waals surface area contributed by atoms with Gasteiger partial charge in [-0.05, 0) is 43.0 Å². The highest BCUT2D eigenvalue weighted by molar-refractivity contribution is 6.11. The lowest BCUT2D eigenvalue weighted by Crippen LogP contribution is -2.32. The fraction of sp³-hybridized carbons (Fsp3) is 0.500. The molecule has 0 atom stereocenters. The number of amidine groups is 1. The van der Waals surface area contributed by atoms with Crippen LogP contribution in [-0.4, -0.2) is 35.2 Å². The maximum atomic E-state index is 12.9. The number of nitrogens with one attached hydrogen (secondary N) is 3. The van der Waals surface area contributed by atoms with Crippen LogP contribution >= 0.6 is 0 Å². The van der Waals surface area contributed by atoms with E-state index in [1.165, 1.54) is 30.4 Å². The molecule has 7 nitrogen and oxygen atoms in total. The predicted octanol–water partition coefficient (Wildman–Crippen LogP) is 2.94. The van der Waals surface area contributed by atoms with Crippen LogP contribution in [0.3, 0.4) is 0 Å². The van der Waals surface area contributed by atoms with E-state index in [1.54, 1.807) is 13.3 Å². The molecule has 0 bridgehead atoms. The molecule has 1 amide bonds. The minimum absolute atomic E-state index is 0.116. The molecule has 1 fully saturated rings. The number of ether oxygens (including phenoxy) is 1. The number of hydrogen-bond donors (Lipinski definition) is 3. The average Bonchev–Trinajstić information content (AvgIpc) is 3.18. The normalized spacial score (nSPS) is 17.0. The van der Waals surface area contributed by atoms with E-state index >= 15 is 0 Å². The van der Waals surface area contributed by atoms with Crippen molar-refractivity contribution in [3.8, 4) is 0 Å². The molecule has 0 saturated heterocycles. The Hall–Kier alpha value is -2.51. The van der Waals surface area contributed by atoms with Gasteiger partial charge < -0.3 is 15.4 Å². The van der Waals surface area contributed by atoms with Gasteiger partial charge in [0.2, 0.25) is 0 Å². The summed E-state index contributed by atoms with van der Waals surface area (Å²) in [6, 6.07) is 6.27. The van der Waals surface area contributed by atoms with Crippen molar-refractivity contribution in [1.29, 1.82) is 5.41 Å². The molecule has 0 spiro atoms. The average molecular weight is 396 g/mol. The van der Waals surface area contributed by atoms with Gasteiger partial charge in [-0.3, -0.25) is 14.9 Å². The monoisotopic (exact) mass is 395 g/mol. The molecule has 1 aromatic carbocycles. The van der Waals surface area contributed by atoms with Crippen molar-refractivity contribution >= 4 is 11.7 Å². The number of amides is 1. The van der Waals surface area contributed by atoms with E-state index in [0.717, 1.165) is 43.6 Å². The molecule has 4 rings (SSSR count). The van der Waals surface area contributed by atoms with Gasteiger partial charge in [-0.1, -0.05) is 31.4 Å². The first-order chi connectivity index (χ1) is 14.2. The third-order valence-corrected chi connectivity index (χ3v) is 5.96. The number of benzene rings is 1. The smallest absolute Gasteiger partial charge is 0.260 e. The molecule has 29 heavy (non-hydrogen) atoms. The van der Waals surface area contributed by atoms with Crippen molar-refractivity contribution in [3.05, 3.63) is 52.3 Å². The molecule has 2 aliphatic rings. The third kappa shape index (κ3) is 4.26. The quantitative estimate of drug-likeness (QED) is 0.536. The van der Waals surface area contributed by atoms with E-state index in [4.69, 9.17) is 10.1 Å². The Bertz CT molecular complexity index is 899. The number of carbonyl (C=O) groups is 1. The zero-order chi connectivity index (χ0) is 20.2. The van der Waals surface area contributed by atoms with Crippen molar-refractivity contribution in [3.63, 3.8) is 0 Å². The second-order valence-corrected chi connectivity index (χ2v) is 7.91.